The molecular weight excluding hydrogens is 316 g/mol. The molecule has 1 N–H and O–H groups in total. The van der Waals surface area contributed by atoms with Crippen LogP contribution < -0.4 is 5.32 Å². The zero-order valence-corrected chi connectivity index (χ0v) is 13.2. The van der Waals surface area contributed by atoms with Crippen LogP contribution in [0.4, 0.5) is 8.78 Å². The second kappa shape index (κ2) is 5.81. The highest BCUT2D eigenvalue weighted by molar-refractivity contribution is 5.98. The number of halogens is 2. The van der Waals surface area contributed by atoms with Gasteiger partial charge in [-0.2, -0.15) is 0 Å². The van der Waals surface area contributed by atoms with Crippen molar-refractivity contribution >= 4 is 11.8 Å². The summed E-state index contributed by atoms with van der Waals surface area (Å²) in [7, 11) is 0. The molecule has 128 valence electrons. The number of hydrogen-bond acceptors (Lipinski definition) is 3. The standard InChI is InChI=1S/C17H19F2N3O2/c18-11-3-4-13(19)10(6-11)8-20-12-7-15-17(24)21-5-1-2-14(21)16(23)22(15)9-12/h3-4,6,12,14-15,20H,1-2,5,7-9H2/t12-,14+,15-/m0/s1. The summed E-state index contributed by atoms with van der Waals surface area (Å²) >= 11 is 0. The summed E-state index contributed by atoms with van der Waals surface area (Å²) in [4.78, 5) is 28.5. The Hall–Kier alpha value is -2.02. The fourth-order valence-corrected chi connectivity index (χ4v) is 4.06. The fraction of sp³-hybridized carbons (Fsp3) is 0.529. The maximum Gasteiger partial charge on any atom is 0.246 e. The molecule has 3 aliphatic rings. The number of fused-ring (bicyclic) bond motifs is 2. The minimum atomic E-state index is -0.483. The predicted molar refractivity (Wildman–Crippen MR) is 81.8 cm³/mol. The maximum absolute atomic E-state index is 13.7. The lowest BCUT2D eigenvalue weighted by Crippen LogP contribution is -2.60. The molecule has 0 unspecified atom stereocenters. The van der Waals surface area contributed by atoms with E-state index in [0.29, 0.717) is 19.5 Å². The van der Waals surface area contributed by atoms with Crippen LogP contribution in [0.25, 0.3) is 0 Å². The summed E-state index contributed by atoms with van der Waals surface area (Å²) in [5, 5.41) is 3.16. The Morgan fingerprint density at radius 1 is 1.12 bits per heavy atom. The first kappa shape index (κ1) is 15.5. The zero-order valence-electron chi connectivity index (χ0n) is 13.2. The van der Waals surface area contributed by atoms with E-state index >= 15 is 0 Å². The highest BCUT2D eigenvalue weighted by Gasteiger charge is 2.51. The number of carbonyl (C=O) groups is 2. The number of piperazine rings is 1. The first-order valence-electron chi connectivity index (χ1n) is 8.33. The third-order valence-electron chi connectivity index (χ3n) is 5.28. The molecule has 0 aromatic heterocycles. The van der Waals surface area contributed by atoms with Crippen molar-refractivity contribution in [3.8, 4) is 0 Å². The van der Waals surface area contributed by atoms with Crippen LogP contribution in [-0.4, -0.2) is 52.8 Å². The van der Waals surface area contributed by atoms with E-state index in [1.54, 1.807) is 9.80 Å². The number of hydrogen-bond donors (Lipinski definition) is 1. The van der Waals surface area contributed by atoms with Gasteiger partial charge in [-0.05, 0) is 37.5 Å². The second-order valence-electron chi connectivity index (χ2n) is 6.75. The lowest BCUT2D eigenvalue weighted by molar-refractivity contribution is -0.156. The number of nitrogens with zero attached hydrogens (tertiary/aromatic N) is 2. The van der Waals surface area contributed by atoms with Gasteiger partial charge in [0, 0.05) is 31.2 Å². The van der Waals surface area contributed by atoms with Gasteiger partial charge in [0.15, 0.2) is 0 Å². The molecular formula is C17H19F2N3O2. The molecule has 2 amide bonds. The van der Waals surface area contributed by atoms with E-state index in [9.17, 15) is 18.4 Å². The van der Waals surface area contributed by atoms with Crippen LogP contribution in [0.15, 0.2) is 18.2 Å². The second-order valence-corrected chi connectivity index (χ2v) is 6.75. The third kappa shape index (κ3) is 2.47. The van der Waals surface area contributed by atoms with Gasteiger partial charge in [0.1, 0.15) is 23.7 Å². The molecule has 24 heavy (non-hydrogen) atoms. The summed E-state index contributed by atoms with van der Waals surface area (Å²) in [6, 6.07) is 2.54. The number of rotatable bonds is 3. The lowest BCUT2D eigenvalue weighted by Gasteiger charge is -2.38. The Morgan fingerprint density at radius 3 is 2.75 bits per heavy atom. The molecule has 3 fully saturated rings. The SMILES string of the molecule is O=C1[C@@H]2C[C@H](NCc3cc(F)ccc3F)CN2C(=O)[C@H]2CCCN12. The minimum absolute atomic E-state index is 0.0262. The molecule has 0 radical (unpaired) electrons. The molecule has 0 saturated carbocycles. The molecule has 0 aliphatic carbocycles. The van der Waals surface area contributed by atoms with E-state index in [-0.39, 0.29) is 36.0 Å². The van der Waals surface area contributed by atoms with Crippen molar-refractivity contribution in [2.45, 2.75) is 43.9 Å². The summed E-state index contributed by atoms with van der Waals surface area (Å²) in [5.41, 5.74) is 0.248. The van der Waals surface area contributed by atoms with Gasteiger partial charge >= 0.3 is 0 Å². The Labute approximate surface area is 138 Å². The van der Waals surface area contributed by atoms with Crippen LogP contribution in [0.1, 0.15) is 24.8 Å². The maximum atomic E-state index is 13.7. The van der Waals surface area contributed by atoms with Crippen LogP contribution in [-0.2, 0) is 16.1 Å². The first-order valence-corrected chi connectivity index (χ1v) is 8.33. The molecule has 7 heteroatoms. The van der Waals surface area contributed by atoms with Crippen molar-refractivity contribution in [1.82, 2.24) is 15.1 Å². The van der Waals surface area contributed by atoms with Gasteiger partial charge in [-0.3, -0.25) is 9.59 Å². The van der Waals surface area contributed by atoms with Gasteiger partial charge in [-0.25, -0.2) is 8.78 Å². The van der Waals surface area contributed by atoms with Crippen molar-refractivity contribution in [2.24, 2.45) is 0 Å². The van der Waals surface area contributed by atoms with Crippen LogP contribution in [0.3, 0.4) is 0 Å². The van der Waals surface area contributed by atoms with E-state index in [4.69, 9.17) is 0 Å². The van der Waals surface area contributed by atoms with Gasteiger partial charge in [-0.15, -0.1) is 0 Å². The van der Waals surface area contributed by atoms with Crippen LogP contribution in [0.2, 0.25) is 0 Å². The lowest BCUT2D eigenvalue weighted by atomic mass is 10.1. The minimum Gasteiger partial charge on any atom is -0.329 e. The van der Waals surface area contributed by atoms with Gasteiger partial charge in [0.05, 0.1) is 0 Å². The molecule has 1 aromatic carbocycles. The summed E-state index contributed by atoms with van der Waals surface area (Å²) < 4.78 is 26.9. The van der Waals surface area contributed by atoms with Crippen molar-refractivity contribution in [3.63, 3.8) is 0 Å². The number of benzene rings is 1. The van der Waals surface area contributed by atoms with E-state index in [1.165, 1.54) is 0 Å². The Morgan fingerprint density at radius 2 is 1.92 bits per heavy atom. The van der Waals surface area contributed by atoms with Crippen molar-refractivity contribution < 1.29 is 18.4 Å². The summed E-state index contributed by atoms with van der Waals surface area (Å²) in [6.45, 7) is 1.27. The highest BCUT2D eigenvalue weighted by atomic mass is 19.1. The van der Waals surface area contributed by atoms with Crippen molar-refractivity contribution in [1.29, 1.82) is 0 Å². The average molecular weight is 335 g/mol. The van der Waals surface area contributed by atoms with Crippen LogP contribution in [0.5, 0.6) is 0 Å². The van der Waals surface area contributed by atoms with E-state index < -0.39 is 17.7 Å². The Bertz CT molecular complexity index is 666. The molecule has 1 aromatic rings. The van der Waals surface area contributed by atoms with Gasteiger partial charge in [0.25, 0.3) is 0 Å². The molecule has 3 heterocycles. The molecule has 3 saturated heterocycles. The molecule has 3 atom stereocenters. The normalized spacial score (nSPS) is 29.2. The first-order chi connectivity index (χ1) is 11.5. The number of carbonyl (C=O) groups excluding carboxylic acids is 2. The largest absolute Gasteiger partial charge is 0.329 e. The molecule has 0 spiro atoms. The van der Waals surface area contributed by atoms with Crippen molar-refractivity contribution in [2.75, 3.05) is 13.1 Å². The van der Waals surface area contributed by atoms with Crippen LogP contribution in [0, 0.1) is 11.6 Å². The van der Waals surface area contributed by atoms with E-state index in [0.717, 1.165) is 31.0 Å². The van der Waals surface area contributed by atoms with Gasteiger partial charge < -0.3 is 15.1 Å². The van der Waals surface area contributed by atoms with Gasteiger partial charge in [-0.1, -0.05) is 0 Å². The average Bonchev–Trinajstić information content (AvgIpc) is 3.21. The fourth-order valence-electron chi connectivity index (χ4n) is 4.06. The summed E-state index contributed by atoms with van der Waals surface area (Å²) in [5.74, 6) is -0.896. The molecule has 5 nitrogen and oxygen atoms in total. The quantitative estimate of drug-likeness (QED) is 0.898. The zero-order chi connectivity index (χ0) is 16.8. The van der Waals surface area contributed by atoms with Crippen molar-refractivity contribution in [3.05, 3.63) is 35.4 Å². The molecule has 3 aliphatic heterocycles. The summed E-state index contributed by atoms with van der Waals surface area (Å²) in [6.07, 6.45) is 2.13. The van der Waals surface area contributed by atoms with Crippen LogP contribution >= 0.6 is 0 Å². The Kier molecular flexibility index (Phi) is 3.75. The van der Waals surface area contributed by atoms with Gasteiger partial charge in [0.2, 0.25) is 11.8 Å². The predicted octanol–water partition coefficient (Wildman–Crippen LogP) is 1.03. The highest BCUT2D eigenvalue weighted by Crippen LogP contribution is 2.32. The van der Waals surface area contributed by atoms with E-state index in [1.807, 2.05) is 0 Å². The van der Waals surface area contributed by atoms with E-state index in [2.05, 4.69) is 5.32 Å². The Balaban J connectivity index is 1.44. The third-order valence-corrected chi connectivity index (χ3v) is 5.28. The molecule has 0 bridgehead atoms. The number of nitrogens with one attached hydrogen (secondary N) is 1. The number of amides is 2. The smallest absolute Gasteiger partial charge is 0.246 e. The molecule has 4 rings (SSSR count). The topological polar surface area (TPSA) is 52.7 Å². The monoisotopic (exact) mass is 335 g/mol.